The van der Waals surface area contributed by atoms with E-state index in [1.54, 1.807) is 7.11 Å². The maximum Gasteiger partial charge on any atom is 0.119 e. The summed E-state index contributed by atoms with van der Waals surface area (Å²) in [5.41, 5.74) is 2.34. The molecule has 18 heavy (non-hydrogen) atoms. The average molecular weight is 262 g/mol. The van der Waals surface area contributed by atoms with E-state index < -0.39 is 0 Å². The Bertz CT molecular complexity index is 510. The molecule has 2 nitrogen and oxygen atoms in total. The minimum Gasteiger partial charge on any atom is -0.497 e. The lowest BCUT2D eigenvalue weighted by Gasteiger charge is -2.18. The highest BCUT2D eigenvalue weighted by atomic mass is 35.5. The van der Waals surface area contributed by atoms with Gasteiger partial charge >= 0.3 is 0 Å². The third kappa shape index (κ3) is 2.84. The molecular weight excluding hydrogens is 246 g/mol. The Morgan fingerprint density at radius 3 is 2.39 bits per heavy atom. The highest BCUT2D eigenvalue weighted by Crippen LogP contribution is 2.25. The molecule has 0 heterocycles. The first-order valence-electron chi connectivity index (χ1n) is 5.81. The molecule has 0 aliphatic carbocycles. The zero-order valence-electron chi connectivity index (χ0n) is 10.5. The van der Waals surface area contributed by atoms with Crippen LogP contribution in [-0.2, 0) is 0 Å². The Kier molecular flexibility index (Phi) is 4.24. The summed E-state index contributed by atoms with van der Waals surface area (Å²) < 4.78 is 5.26. The van der Waals surface area contributed by atoms with Crippen molar-refractivity contribution >= 4 is 11.6 Å². The number of hydrogen-bond acceptors (Lipinski definition) is 2. The van der Waals surface area contributed by atoms with Crippen molar-refractivity contribution < 1.29 is 4.74 Å². The first kappa shape index (κ1) is 12.9. The van der Waals surface area contributed by atoms with Crippen molar-refractivity contribution in [3.05, 3.63) is 64.7 Å². The van der Waals surface area contributed by atoms with Gasteiger partial charge in [-0.1, -0.05) is 35.9 Å². The molecule has 94 valence electrons. The van der Waals surface area contributed by atoms with E-state index in [9.17, 15) is 0 Å². The van der Waals surface area contributed by atoms with E-state index in [1.807, 2.05) is 49.5 Å². The Morgan fingerprint density at radius 2 is 1.78 bits per heavy atom. The zero-order valence-corrected chi connectivity index (χ0v) is 11.2. The van der Waals surface area contributed by atoms with E-state index in [4.69, 9.17) is 16.3 Å². The molecule has 2 aromatic rings. The summed E-state index contributed by atoms with van der Waals surface area (Å²) in [6.07, 6.45) is 0. The molecule has 0 spiro atoms. The van der Waals surface area contributed by atoms with Crippen LogP contribution in [-0.4, -0.2) is 14.2 Å². The molecule has 1 unspecified atom stereocenters. The van der Waals surface area contributed by atoms with Gasteiger partial charge in [-0.2, -0.15) is 0 Å². The SMILES string of the molecule is CNC(c1ccc(Cl)cc1)c1cccc(OC)c1. The highest BCUT2D eigenvalue weighted by molar-refractivity contribution is 6.30. The van der Waals surface area contributed by atoms with Gasteiger partial charge in [-0.05, 0) is 42.4 Å². The highest BCUT2D eigenvalue weighted by Gasteiger charge is 2.12. The Morgan fingerprint density at radius 1 is 1.06 bits per heavy atom. The van der Waals surface area contributed by atoms with Crippen molar-refractivity contribution in [3.63, 3.8) is 0 Å². The van der Waals surface area contributed by atoms with Gasteiger partial charge in [-0.15, -0.1) is 0 Å². The third-order valence-corrected chi connectivity index (χ3v) is 3.17. The van der Waals surface area contributed by atoms with E-state index in [1.165, 1.54) is 11.1 Å². The molecule has 0 radical (unpaired) electrons. The molecule has 2 aromatic carbocycles. The van der Waals surface area contributed by atoms with Gasteiger partial charge < -0.3 is 10.1 Å². The van der Waals surface area contributed by atoms with Crippen LogP contribution in [0.2, 0.25) is 5.02 Å². The maximum atomic E-state index is 5.91. The minimum atomic E-state index is 0.136. The number of halogens is 1. The second kappa shape index (κ2) is 5.89. The van der Waals surface area contributed by atoms with Crippen LogP contribution < -0.4 is 10.1 Å². The molecular formula is C15H16ClNO. The molecule has 2 rings (SSSR count). The first-order chi connectivity index (χ1) is 8.74. The lowest BCUT2D eigenvalue weighted by atomic mass is 9.99. The standard InChI is InChI=1S/C15H16ClNO/c1-17-15(11-6-8-13(16)9-7-11)12-4-3-5-14(10-12)18-2/h3-10,15,17H,1-2H3. The molecule has 0 saturated carbocycles. The van der Waals surface area contributed by atoms with Crippen LogP contribution in [0.5, 0.6) is 5.75 Å². The first-order valence-corrected chi connectivity index (χ1v) is 6.19. The van der Waals surface area contributed by atoms with Gasteiger partial charge in [0.2, 0.25) is 0 Å². The molecule has 0 aliphatic heterocycles. The normalized spacial score (nSPS) is 12.2. The summed E-state index contributed by atoms with van der Waals surface area (Å²) in [5, 5.41) is 4.06. The predicted molar refractivity (Wildman–Crippen MR) is 75.3 cm³/mol. The smallest absolute Gasteiger partial charge is 0.119 e. The van der Waals surface area contributed by atoms with Crippen molar-refractivity contribution in [3.8, 4) is 5.75 Å². The summed E-state index contributed by atoms with van der Waals surface area (Å²) in [7, 11) is 3.62. The van der Waals surface area contributed by atoms with Crippen LogP contribution >= 0.6 is 11.6 Å². The van der Waals surface area contributed by atoms with Gasteiger partial charge in [0.1, 0.15) is 5.75 Å². The topological polar surface area (TPSA) is 21.3 Å². The fourth-order valence-electron chi connectivity index (χ4n) is 2.00. The van der Waals surface area contributed by atoms with Crippen LogP contribution in [0.25, 0.3) is 0 Å². The van der Waals surface area contributed by atoms with Gasteiger partial charge in [0, 0.05) is 5.02 Å². The van der Waals surface area contributed by atoms with Gasteiger partial charge in [0.15, 0.2) is 0 Å². The summed E-state index contributed by atoms with van der Waals surface area (Å²) in [4.78, 5) is 0. The number of hydrogen-bond donors (Lipinski definition) is 1. The van der Waals surface area contributed by atoms with Crippen LogP contribution in [0.15, 0.2) is 48.5 Å². The number of benzene rings is 2. The fraction of sp³-hybridized carbons (Fsp3) is 0.200. The van der Waals surface area contributed by atoms with Crippen LogP contribution in [0.1, 0.15) is 17.2 Å². The van der Waals surface area contributed by atoms with Gasteiger partial charge in [0.05, 0.1) is 13.2 Å². The van der Waals surface area contributed by atoms with Crippen LogP contribution in [0.4, 0.5) is 0 Å². The van der Waals surface area contributed by atoms with Crippen LogP contribution in [0.3, 0.4) is 0 Å². The van der Waals surface area contributed by atoms with E-state index in [2.05, 4.69) is 11.4 Å². The van der Waals surface area contributed by atoms with E-state index in [-0.39, 0.29) is 6.04 Å². The lowest BCUT2D eigenvalue weighted by molar-refractivity contribution is 0.414. The number of methoxy groups -OCH3 is 1. The number of rotatable bonds is 4. The second-order valence-corrected chi connectivity index (χ2v) is 4.49. The quantitative estimate of drug-likeness (QED) is 0.907. The summed E-state index contributed by atoms with van der Waals surface area (Å²) >= 11 is 5.91. The molecule has 0 aliphatic rings. The van der Waals surface area contributed by atoms with Crippen LogP contribution in [0, 0.1) is 0 Å². The van der Waals surface area contributed by atoms with E-state index in [0.717, 1.165) is 10.8 Å². The molecule has 0 bridgehead atoms. The maximum absolute atomic E-state index is 5.91. The van der Waals surface area contributed by atoms with E-state index >= 15 is 0 Å². The van der Waals surface area contributed by atoms with Crippen molar-refractivity contribution in [2.45, 2.75) is 6.04 Å². The third-order valence-electron chi connectivity index (χ3n) is 2.92. The molecule has 0 saturated heterocycles. The average Bonchev–Trinajstić information content (AvgIpc) is 2.42. The van der Waals surface area contributed by atoms with Crippen molar-refractivity contribution in [2.75, 3.05) is 14.2 Å². The zero-order chi connectivity index (χ0) is 13.0. The van der Waals surface area contributed by atoms with Crippen molar-refractivity contribution in [1.29, 1.82) is 0 Å². The van der Waals surface area contributed by atoms with Gasteiger partial charge in [-0.3, -0.25) is 0 Å². The Hall–Kier alpha value is -1.51. The number of ether oxygens (including phenoxy) is 1. The largest absolute Gasteiger partial charge is 0.497 e. The van der Waals surface area contributed by atoms with Crippen molar-refractivity contribution in [2.24, 2.45) is 0 Å². The lowest BCUT2D eigenvalue weighted by Crippen LogP contribution is -2.17. The summed E-state index contributed by atoms with van der Waals surface area (Å²) in [5.74, 6) is 0.863. The fourth-order valence-corrected chi connectivity index (χ4v) is 2.13. The molecule has 1 atom stereocenters. The molecule has 0 amide bonds. The summed E-state index contributed by atoms with van der Waals surface area (Å²) in [6.45, 7) is 0. The molecule has 0 fully saturated rings. The van der Waals surface area contributed by atoms with Crippen molar-refractivity contribution in [1.82, 2.24) is 5.32 Å². The van der Waals surface area contributed by atoms with E-state index in [0.29, 0.717) is 0 Å². The molecule has 0 aromatic heterocycles. The van der Waals surface area contributed by atoms with Gasteiger partial charge in [-0.25, -0.2) is 0 Å². The Labute approximate surface area is 113 Å². The summed E-state index contributed by atoms with van der Waals surface area (Å²) in [6, 6.07) is 16.1. The second-order valence-electron chi connectivity index (χ2n) is 4.05. The number of nitrogens with one attached hydrogen (secondary N) is 1. The molecule has 1 N–H and O–H groups in total. The predicted octanol–water partition coefficient (Wildman–Crippen LogP) is 3.66. The minimum absolute atomic E-state index is 0.136. The van der Waals surface area contributed by atoms with Gasteiger partial charge in [0.25, 0.3) is 0 Å². The Balaban J connectivity index is 2.35. The monoisotopic (exact) mass is 261 g/mol. The molecule has 3 heteroatoms.